The maximum absolute atomic E-state index is 13.0. The van der Waals surface area contributed by atoms with Crippen molar-refractivity contribution < 1.29 is 18.0 Å². The molecule has 0 spiro atoms. The first-order valence-corrected chi connectivity index (χ1v) is 10.3. The van der Waals surface area contributed by atoms with E-state index in [0.717, 1.165) is 55.7 Å². The molecule has 0 atom stereocenters. The predicted molar refractivity (Wildman–Crippen MR) is 118 cm³/mol. The molecule has 1 fully saturated rings. The number of halogens is 3. The van der Waals surface area contributed by atoms with E-state index >= 15 is 0 Å². The number of amides is 2. The fourth-order valence-corrected chi connectivity index (χ4v) is 4.09. The number of hydrogen-bond acceptors (Lipinski definition) is 3. The highest BCUT2D eigenvalue weighted by atomic mass is 19.4. The highest BCUT2D eigenvalue weighted by Crippen LogP contribution is 2.33. The second kappa shape index (κ2) is 8.25. The molecule has 2 amide bonds. The number of hydrogen-bond donors (Lipinski definition) is 2. The number of fused-ring (bicyclic) bond motifs is 1. The summed E-state index contributed by atoms with van der Waals surface area (Å²) in [6, 6.07) is 7.40. The summed E-state index contributed by atoms with van der Waals surface area (Å²) in [7, 11) is 3.34. The Balaban J connectivity index is 1.67. The van der Waals surface area contributed by atoms with Gasteiger partial charge in [-0.05, 0) is 49.6 Å². The average molecular weight is 447 g/mol. The van der Waals surface area contributed by atoms with Crippen molar-refractivity contribution in [2.45, 2.75) is 25.4 Å². The molecular weight excluding hydrogens is 423 g/mol. The number of carbonyl (C=O) groups excluding carboxylic acids is 1. The quantitative estimate of drug-likeness (QED) is 0.620. The lowest BCUT2D eigenvalue weighted by molar-refractivity contribution is -0.137. The molecule has 1 aromatic heterocycles. The number of anilines is 3. The summed E-state index contributed by atoms with van der Waals surface area (Å²) >= 11 is 0. The van der Waals surface area contributed by atoms with Crippen LogP contribution in [0, 0.1) is 0 Å². The number of alkyl halides is 3. The van der Waals surface area contributed by atoms with Crippen LogP contribution in [0.5, 0.6) is 0 Å². The van der Waals surface area contributed by atoms with E-state index in [0.29, 0.717) is 11.2 Å². The van der Waals surface area contributed by atoms with Crippen molar-refractivity contribution in [3.05, 3.63) is 52.4 Å². The molecule has 7 nitrogen and oxygen atoms in total. The number of piperidine rings is 1. The average Bonchev–Trinajstić information content (AvgIpc) is 2.97. The predicted octanol–water partition coefficient (Wildman–Crippen LogP) is 4.53. The van der Waals surface area contributed by atoms with Gasteiger partial charge in [-0.1, -0.05) is 6.07 Å². The zero-order valence-corrected chi connectivity index (χ0v) is 17.8. The van der Waals surface area contributed by atoms with E-state index in [1.165, 1.54) is 16.7 Å². The number of urea groups is 1. The zero-order chi connectivity index (χ0) is 23.0. The minimum Gasteiger partial charge on any atom is -0.370 e. The minimum atomic E-state index is -4.50. The first kappa shape index (κ1) is 21.8. The van der Waals surface area contributed by atoms with Gasteiger partial charge in [0.15, 0.2) is 0 Å². The summed E-state index contributed by atoms with van der Waals surface area (Å²) in [6.07, 6.45) is -1.34. The lowest BCUT2D eigenvalue weighted by atomic mass is 10.1. The second-order valence-electron chi connectivity index (χ2n) is 7.96. The molecular formula is C22H24F3N5O2. The van der Waals surface area contributed by atoms with Gasteiger partial charge >= 0.3 is 17.9 Å². The van der Waals surface area contributed by atoms with Crippen LogP contribution in [0.1, 0.15) is 24.8 Å². The van der Waals surface area contributed by atoms with Crippen molar-refractivity contribution in [1.29, 1.82) is 0 Å². The Kier molecular flexibility index (Phi) is 5.62. The Bertz CT molecular complexity index is 1220. The summed E-state index contributed by atoms with van der Waals surface area (Å²) in [5, 5.41) is 5.24. The van der Waals surface area contributed by atoms with E-state index in [1.807, 2.05) is 6.07 Å². The van der Waals surface area contributed by atoms with Crippen LogP contribution in [0.3, 0.4) is 0 Å². The molecule has 3 aromatic rings. The summed E-state index contributed by atoms with van der Waals surface area (Å²) < 4.78 is 41.9. The lowest BCUT2D eigenvalue weighted by Gasteiger charge is -2.30. The van der Waals surface area contributed by atoms with Crippen molar-refractivity contribution in [3.63, 3.8) is 0 Å². The number of imidazole rings is 1. The van der Waals surface area contributed by atoms with Gasteiger partial charge in [0.05, 0.1) is 28.0 Å². The van der Waals surface area contributed by atoms with Gasteiger partial charge in [0.25, 0.3) is 0 Å². The number of aryl methyl sites for hydroxylation is 2. The molecule has 2 heterocycles. The fraction of sp³-hybridized carbons (Fsp3) is 0.364. The summed E-state index contributed by atoms with van der Waals surface area (Å²) in [5.41, 5.74) is 1.66. The third-order valence-corrected chi connectivity index (χ3v) is 5.78. The van der Waals surface area contributed by atoms with Crippen molar-refractivity contribution in [1.82, 2.24) is 9.13 Å². The second-order valence-corrected chi connectivity index (χ2v) is 7.96. The maximum Gasteiger partial charge on any atom is 0.416 e. The molecule has 1 saturated heterocycles. The smallest absolute Gasteiger partial charge is 0.370 e. The standard InChI is InChI=1S/C22H24F3N5O2/c1-28-18-12-16(27-20(31)26-15-8-6-7-14(11-15)22(23,24)25)17(30-9-4-3-5-10-30)13-19(18)29(2)21(28)32/h6-8,11-13H,3-5,9-10H2,1-2H3,(H2,26,27,31). The van der Waals surface area contributed by atoms with Gasteiger partial charge in [-0.3, -0.25) is 9.13 Å². The van der Waals surface area contributed by atoms with Crippen molar-refractivity contribution in [2.75, 3.05) is 28.6 Å². The Labute approximate surface area is 182 Å². The van der Waals surface area contributed by atoms with Crippen molar-refractivity contribution in [2.24, 2.45) is 14.1 Å². The van der Waals surface area contributed by atoms with Gasteiger partial charge in [0, 0.05) is 32.9 Å². The van der Waals surface area contributed by atoms with E-state index in [4.69, 9.17) is 0 Å². The molecule has 1 aliphatic heterocycles. The van der Waals surface area contributed by atoms with Gasteiger partial charge in [-0.25, -0.2) is 9.59 Å². The molecule has 2 aromatic carbocycles. The summed E-state index contributed by atoms with van der Waals surface area (Å²) in [5.74, 6) is 0. The van der Waals surface area contributed by atoms with Crippen LogP contribution in [0.4, 0.5) is 35.0 Å². The van der Waals surface area contributed by atoms with E-state index in [1.54, 1.807) is 24.7 Å². The van der Waals surface area contributed by atoms with Crippen molar-refractivity contribution in [3.8, 4) is 0 Å². The molecule has 4 rings (SSSR count). The Morgan fingerprint density at radius 2 is 1.59 bits per heavy atom. The molecule has 10 heteroatoms. The number of rotatable bonds is 3. The summed E-state index contributed by atoms with van der Waals surface area (Å²) in [6.45, 7) is 1.63. The van der Waals surface area contributed by atoms with E-state index in [2.05, 4.69) is 15.5 Å². The highest BCUT2D eigenvalue weighted by Gasteiger charge is 2.30. The fourth-order valence-electron chi connectivity index (χ4n) is 4.09. The van der Waals surface area contributed by atoms with Gasteiger partial charge in [0.2, 0.25) is 0 Å². The molecule has 0 radical (unpaired) electrons. The third-order valence-electron chi connectivity index (χ3n) is 5.78. The van der Waals surface area contributed by atoms with E-state index in [-0.39, 0.29) is 11.4 Å². The number of nitrogens with zero attached hydrogens (tertiary/aromatic N) is 3. The topological polar surface area (TPSA) is 71.3 Å². The maximum atomic E-state index is 13.0. The Morgan fingerprint density at radius 3 is 2.25 bits per heavy atom. The molecule has 0 saturated carbocycles. The van der Waals surface area contributed by atoms with Crippen LogP contribution in [-0.4, -0.2) is 28.3 Å². The number of benzene rings is 2. The van der Waals surface area contributed by atoms with Crippen LogP contribution in [0.15, 0.2) is 41.2 Å². The molecule has 0 unspecified atom stereocenters. The normalized spacial score (nSPS) is 14.6. The molecule has 32 heavy (non-hydrogen) atoms. The van der Waals surface area contributed by atoms with Crippen LogP contribution >= 0.6 is 0 Å². The first-order valence-electron chi connectivity index (χ1n) is 10.3. The minimum absolute atomic E-state index is 0.0324. The van der Waals surface area contributed by atoms with Gasteiger partial charge < -0.3 is 15.5 Å². The molecule has 0 aliphatic carbocycles. The highest BCUT2D eigenvalue weighted by molar-refractivity contribution is 6.04. The van der Waals surface area contributed by atoms with E-state index in [9.17, 15) is 22.8 Å². The Hall–Kier alpha value is -3.43. The Morgan fingerprint density at radius 1 is 0.938 bits per heavy atom. The van der Waals surface area contributed by atoms with Crippen LogP contribution < -0.4 is 21.2 Å². The van der Waals surface area contributed by atoms with Gasteiger partial charge in [0.1, 0.15) is 0 Å². The largest absolute Gasteiger partial charge is 0.416 e. The van der Waals surface area contributed by atoms with Gasteiger partial charge in [-0.2, -0.15) is 13.2 Å². The molecule has 2 N–H and O–H groups in total. The number of aromatic nitrogens is 2. The molecule has 170 valence electrons. The third kappa shape index (κ3) is 4.17. The molecule has 1 aliphatic rings. The van der Waals surface area contributed by atoms with Crippen LogP contribution in [-0.2, 0) is 20.3 Å². The van der Waals surface area contributed by atoms with Crippen molar-refractivity contribution >= 4 is 34.1 Å². The molecule has 0 bridgehead atoms. The first-order chi connectivity index (χ1) is 15.1. The van der Waals surface area contributed by atoms with Crippen LogP contribution in [0.2, 0.25) is 0 Å². The summed E-state index contributed by atoms with van der Waals surface area (Å²) in [4.78, 5) is 27.2. The van der Waals surface area contributed by atoms with Crippen LogP contribution in [0.25, 0.3) is 11.0 Å². The van der Waals surface area contributed by atoms with Gasteiger partial charge in [-0.15, -0.1) is 0 Å². The SMILES string of the molecule is Cn1c(=O)n(C)c2cc(N3CCCCC3)c(NC(=O)Nc3cccc(C(F)(F)F)c3)cc21. The lowest BCUT2D eigenvalue weighted by Crippen LogP contribution is -2.31. The number of carbonyl (C=O) groups is 1. The monoisotopic (exact) mass is 447 g/mol. The zero-order valence-electron chi connectivity index (χ0n) is 17.8. The van der Waals surface area contributed by atoms with E-state index < -0.39 is 17.8 Å². The number of nitrogens with one attached hydrogen (secondary N) is 2.